The lowest BCUT2D eigenvalue weighted by Crippen LogP contribution is -2.45. The third kappa shape index (κ3) is 5.63. The lowest BCUT2D eigenvalue weighted by Gasteiger charge is -2.32. The highest BCUT2D eigenvalue weighted by Crippen LogP contribution is 2.31. The summed E-state index contributed by atoms with van der Waals surface area (Å²) in [7, 11) is 0. The highest BCUT2D eigenvalue weighted by atomic mass is 19.4. The molecule has 6 nitrogen and oxygen atoms in total. The molecule has 2 rings (SSSR count). The molecule has 1 aliphatic heterocycles. The van der Waals surface area contributed by atoms with Crippen LogP contribution >= 0.6 is 0 Å². The summed E-state index contributed by atoms with van der Waals surface area (Å²) in [6.45, 7) is 3.98. The van der Waals surface area contributed by atoms with Crippen molar-refractivity contribution in [2.45, 2.75) is 32.0 Å². The minimum absolute atomic E-state index is 0.0685. The summed E-state index contributed by atoms with van der Waals surface area (Å²) in [4.78, 5) is 9.72. The number of hydrogen-bond acceptors (Lipinski definition) is 2. The Hall–Kier alpha value is -2.29. The molecule has 0 atom stereocenters. The number of halogens is 3. The Morgan fingerprint density at radius 2 is 1.96 bits per heavy atom. The maximum Gasteiger partial charge on any atom is 0.416 e. The fourth-order valence-corrected chi connectivity index (χ4v) is 2.58. The van der Waals surface area contributed by atoms with E-state index in [4.69, 9.17) is 16.2 Å². The number of guanidine groups is 2. The van der Waals surface area contributed by atoms with Gasteiger partial charge < -0.3 is 21.1 Å². The van der Waals surface area contributed by atoms with E-state index >= 15 is 0 Å². The first-order valence-corrected chi connectivity index (χ1v) is 8.01. The van der Waals surface area contributed by atoms with Crippen LogP contribution in [0.3, 0.4) is 0 Å². The number of nitrogens with two attached hydrogens (primary N) is 2. The van der Waals surface area contributed by atoms with E-state index in [0.29, 0.717) is 19.7 Å². The van der Waals surface area contributed by atoms with Crippen molar-refractivity contribution in [3.63, 3.8) is 0 Å². The molecule has 0 radical (unpaired) electrons. The number of rotatable bonds is 3. The Bertz CT molecular complexity index is 637. The van der Waals surface area contributed by atoms with Crippen molar-refractivity contribution in [1.82, 2.24) is 4.90 Å². The molecule has 1 aromatic carbocycles. The van der Waals surface area contributed by atoms with Crippen molar-refractivity contribution in [3.05, 3.63) is 29.8 Å². The number of nitrogens with zero attached hydrogens (tertiary/aromatic N) is 3. The molecule has 0 amide bonds. The molecule has 0 unspecified atom stereocenters. The normalized spacial score (nSPS) is 17.8. The Morgan fingerprint density at radius 1 is 1.28 bits per heavy atom. The number of likely N-dealkylation sites (tertiary alicyclic amines) is 1. The lowest BCUT2D eigenvalue weighted by molar-refractivity contribution is -0.137. The van der Waals surface area contributed by atoms with Crippen LogP contribution in [0.5, 0.6) is 0 Å². The summed E-state index contributed by atoms with van der Waals surface area (Å²) in [6.07, 6.45) is -2.57. The summed E-state index contributed by atoms with van der Waals surface area (Å²) in [5.41, 5.74) is 10.9. The third-order valence-corrected chi connectivity index (χ3v) is 3.81. The van der Waals surface area contributed by atoms with Crippen LogP contribution in [0.15, 0.2) is 34.3 Å². The van der Waals surface area contributed by atoms with Gasteiger partial charge in [0.15, 0.2) is 5.96 Å². The van der Waals surface area contributed by atoms with Crippen molar-refractivity contribution in [3.8, 4) is 0 Å². The average Bonchev–Trinajstić information content (AvgIpc) is 2.55. The molecule has 9 heteroatoms. The van der Waals surface area contributed by atoms with Crippen molar-refractivity contribution < 1.29 is 17.9 Å². The summed E-state index contributed by atoms with van der Waals surface area (Å²) >= 11 is 0. The second kappa shape index (κ2) is 8.19. The lowest BCUT2D eigenvalue weighted by atomic mass is 10.1. The van der Waals surface area contributed by atoms with Crippen LogP contribution in [0.2, 0.25) is 0 Å². The quantitative estimate of drug-likeness (QED) is 0.642. The minimum Gasteiger partial charge on any atom is -0.378 e. The molecular weight excluding hydrogens is 335 g/mol. The van der Waals surface area contributed by atoms with Crippen LogP contribution in [-0.2, 0) is 10.9 Å². The largest absolute Gasteiger partial charge is 0.416 e. The number of alkyl halides is 3. The predicted octanol–water partition coefficient (Wildman–Crippen LogP) is 2.47. The number of piperidine rings is 1. The molecule has 25 heavy (non-hydrogen) atoms. The standard InChI is InChI=1S/C16H22F3N5O/c1-2-25-13-6-8-24(9-7-13)15(21)23-14(20)22-12-5-3-4-11(10-12)16(17,18)19/h3-5,10,13H,2,6-9H2,1H3,(H4,20,21,22,23). The van der Waals surface area contributed by atoms with Gasteiger partial charge in [-0.25, -0.2) is 4.99 Å². The minimum atomic E-state index is -4.44. The number of aliphatic imine (C=N–C) groups is 2. The van der Waals surface area contributed by atoms with E-state index in [1.165, 1.54) is 12.1 Å². The van der Waals surface area contributed by atoms with Gasteiger partial charge in [0, 0.05) is 19.7 Å². The van der Waals surface area contributed by atoms with Gasteiger partial charge in [0.25, 0.3) is 0 Å². The fraction of sp³-hybridized carbons (Fsp3) is 0.500. The first kappa shape index (κ1) is 19.0. The molecule has 1 aromatic rings. The Balaban J connectivity index is 2.04. The maximum atomic E-state index is 12.7. The van der Waals surface area contributed by atoms with E-state index in [9.17, 15) is 13.2 Å². The highest BCUT2D eigenvalue weighted by molar-refractivity contribution is 5.94. The molecular formula is C16H22F3N5O. The van der Waals surface area contributed by atoms with E-state index in [0.717, 1.165) is 25.0 Å². The van der Waals surface area contributed by atoms with Gasteiger partial charge in [-0.1, -0.05) is 6.07 Å². The van der Waals surface area contributed by atoms with Crippen LogP contribution in [0.4, 0.5) is 18.9 Å². The van der Waals surface area contributed by atoms with E-state index in [2.05, 4.69) is 9.98 Å². The topological polar surface area (TPSA) is 89.2 Å². The van der Waals surface area contributed by atoms with Crippen molar-refractivity contribution in [1.29, 1.82) is 0 Å². The molecule has 0 spiro atoms. The smallest absolute Gasteiger partial charge is 0.378 e. The molecule has 0 aromatic heterocycles. The van der Waals surface area contributed by atoms with Gasteiger partial charge in [-0.15, -0.1) is 0 Å². The molecule has 1 aliphatic rings. The highest BCUT2D eigenvalue weighted by Gasteiger charge is 2.30. The molecule has 0 bridgehead atoms. The summed E-state index contributed by atoms with van der Waals surface area (Å²) in [6, 6.07) is 4.56. The summed E-state index contributed by atoms with van der Waals surface area (Å²) in [5, 5.41) is 0. The zero-order valence-electron chi connectivity index (χ0n) is 14.0. The second-order valence-corrected chi connectivity index (χ2v) is 5.63. The zero-order valence-corrected chi connectivity index (χ0v) is 14.0. The fourth-order valence-electron chi connectivity index (χ4n) is 2.58. The molecule has 4 N–H and O–H groups in total. The Labute approximate surface area is 144 Å². The second-order valence-electron chi connectivity index (χ2n) is 5.63. The maximum absolute atomic E-state index is 12.7. The van der Waals surface area contributed by atoms with E-state index in [1.807, 2.05) is 11.8 Å². The van der Waals surface area contributed by atoms with Gasteiger partial charge in [-0.3, -0.25) is 0 Å². The monoisotopic (exact) mass is 357 g/mol. The van der Waals surface area contributed by atoms with Crippen LogP contribution in [0, 0.1) is 0 Å². The van der Waals surface area contributed by atoms with Crippen molar-refractivity contribution >= 4 is 17.6 Å². The van der Waals surface area contributed by atoms with Crippen LogP contribution in [0.25, 0.3) is 0 Å². The van der Waals surface area contributed by atoms with Crippen LogP contribution in [0.1, 0.15) is 25.3 Å². The predicted molar refractivity (Wildman–Crippen MR) is 90.6 cm³/mol. The SMILES string of the molecule is CCOC1CCN(C(N)=NC(N)=Nc2cccc(C(F)(F)F)c2)CC1. The Kier molecular flexibility index (Phi) is 6.24. The molecule has 1 heterocycles. The van der Waals surface area contributed by atoms with Gasteiger partial charge in [0.1, 0.15) is 0 Å². The number of ether oxygens (including phenoxy) is 1. The van der Waals surface area contributed by atoms with Gasteiger partial charge in [-0.05, 0) is 38.0 Å². The van der Waals surface area contributed by atoms with Crippen molar-refractivity contribution in [2.75, 3.05) is 19.7 Å². The van der Waals surface area contributed by atoms with Gasteiger partial charge >= 0.3 is 6.18 Å². The van der Waals surface area contributed by atoms with Crippen molar-refractivity contribution in [2.24, 2.45) is 21.5 Å². The number of benzene rings is 1. The van der Waals surface area contributed by atoms with Gasteiger partial charge in [0.2, 0.25) is 5.96 Å². The van der Waals surface area contributed by atoms with Crippen LogP contribution < -0.4 is 11.5 Å². The molecule has 1 saturated heterocycles. The first-order valence-electron chi connectivity index (χ1n) is 8.01. The van der Waals surface area contributed by atoms with Crippen LogP contribution in [-0.4, -0.2) is 42.6 Å². The third-order valence-electron chi connectivity index (χ3n) is 3.81. The molecule has 1 fully saturated rings. The summed E-state index contributed by atoms with van der Waals surface area (Å²) < 4.78 is 43.7. The van der Waals surface area contributed by atoms with E-state index in [1.54, 1.807) is 0 Å². The average molecular weight is 357 g/mol. The first-order chi connectivity index (χ1) is 11.8. The molecule has 0 aliphatic carbocycles. The Morgan fingerprint density at radius 3 is 2.56 bits per heavy atom. The van der Waals surface area contributed by atoms with Gasteiger partial charge in [-0.2, -0.15) is 18.2 Å². The zero-order chi connectivity index (χ0) is 18.4. The van der Waals surface area contributed by atoms with Gasteiger partial charge in [0.05, 0.1) is 17.4 Å². The summed E-state index contributed by atoms with van der Waals surface area (Å²) in [5.74, 6) is 0.00642. The molecule has 0 saturated carbocycles. The van der Waals surface area contributed by atoms with E-state index in [-0.39, 0.29) is 23.7 Å². The molecule has 138 valence electrons. The van der Waals surface area contributed by atoms with E-state index < -0.39 is 11.7 Å². The number of hydrogen-bond donors (Lipinski definition) is 2.